The van der Waals surface area contributed by atoms with Gasteiger partial charge in [-0.25, -0.2) is 5.43 Å². The van der Waals surface area contributed by atoms with Gasteiger partial charge in [0.1, 0.15) is 6.61 Å². The highest BCUT2D eigenvalue weighted by molar-refractivity contribution is 6.33. The average molecular weight is 480 g/mol. The van der Waals surface area contributed by atoms with E-state index >= 15 is 0 Å². The second kappa shape index (κ2) is 12.4. The van der Waals surface area contributed by atoms with E-state index in [2.05, 4.69) is 21.9 Å². The van der Waals surface area contributed by atoms with Crippen molar-refractivity contribution >= 4 is 35.3 Å². The highest BCUT2D eigenvalue weighted by atomic mass is 35.5. The minimum absolute atomic E-state index is 0.00732. The highest BCUT2D eigenvalue weighted by Crippen LogP contribution is 2.28. The summed E-state index contributed by atoms with van der Waals surface area (Å²) in [5, 5.41) is 7.06. The summed E-state index contributed by atoms with van der Waals surface area (Å²) in [6.07, 6.45) is 1.49. The van der Waals surface area contributed by atoms with Crippen molar-refractivity contribution in [2.75, 3.05) is 12.4 Å². The number of nitrogens with zero attached hydrogens (tertiary/aromatic N) is 1. The topological polar surface area (TPSA) is 89.0 Å². The van der Waals surface area contributed by atoms with Gasteiger partial charge in [-0.3, -0.25) is 9.59 Å². The summed E-state index contributed by atoms with van der Waals surface area (Å²) in [6.45, 7) is 2.46. The molecule has 0 saturated heterocycles. The van der Waals surface area contributed by atoms with Gasteiger partial charge in [0.2, 0.25) is 11.8 Å². The van der Waals surface area contributed by atoms with Crippen molar-refractivity contribution in [2.45, 2.75) is 26.4 Å². The fraction of sp³-hybridized carbons (Fsp3) is 0.192. The number of carbonyl (C=O) groups is 2. The first kappa shape index (κ1) is 24.8. The Labute approximate surface area is 203 Å². The Morgan fingerprint density at radius 2 is 1.76 bits per heavy atom. The van der Waals surface area contributed by atoms with E-state index in [4.69, 9.17) is 21.1 Å². The molecule has 0 atom stereocenters. The molecule has 0 saturated carbocycles. The lowest BCUT2D eigenvalue weighted by atomic mass is 10.1. The molecule has 0 aromatic heterocycles. The second-order valence-electron chi connectivity index (χ2n) is 7.51. The zero-order valence-corrected chi connectivity index (χ0v) is 19.8. The number of ether oxygens (including phenoxy) is 2. The van der Waals surface area contributed by atoms with E-state index in [0.29, 0.717) is 28.8 Å². The van der Waals surface area contributed by atoms with Crippen molar-refractivity contribution in [3.05, 3.63) is 88.4 Å². The molecule has 0 aliphatic rings. The number of rotatable bonds is 10. The lowest BCUT2D eigenvalue weighted by molar-refractivity contribution is -0.124. The zero-order chi connectivity index (χ0) is 24.3. The summed E-state index contributed by atoms with van der Waals surface area (Å²) in [5.74, 6) is 0.475. The van der Waals surface area contributed by atoms with Gasteiger partial charge in [0.15, 0.2) is 11.5 Å². The predicted octanol–water partition coefficient (Wildman–Crippen LogP) is 5.11. The number of carbonyl (C=O) groups excluding carboxylic acids is 2. The molecule has 3 aromatic rings. The maximum Gasteiger partial charge on any atom is 0.240 e. The molecule has 176 valence electrons. The first-order valence-electron chi connectivity index (χ1n) is 10.7. The number of hydrazone groups is 1. The molecule has 3 rings (SSSR count). The SMILES string of the molecule is COc1cc(C=NNC(=O)CCC(=O)Nc2ccccc2Cl)ccc1OCc1cccc(C)c1. The number of benzene rings is 3. The molecule has 0 spiro atoms. The van der Waals surface area contributed by atoms with Crippen LogP contribution >= 0.6 is 11.6 Å². The third kappa shape index (κ3) is 7.64. The summed E-state index contributed by atoms with van der Waals surface area (Å²) in [6, 6.07) is 20.4. The Morgan fingerprint density at radius 1 is 0.971 bits per heavy atom. The van der Waals surface area contributed by atoms with Crippen molar-refractivity contribution in [1.82, 2.24) is 5.43 Å². The number of hydrogen-bond donors (Lipinski definition) is 2. The Hall–Kier alpha value is -3.84. The van der Waals surface area contributed by atoms with Crippen LogP contribution < -0.4 is 20.2 Å². The van der Waals surface area contributed by atoms with Crippen LogP contribution in [-0.4, -0.2) is 25.1 Å². The molecule has 0 heterocycles. The van der Waals surface area contributed by atoms with E-state index in [-0.39, 0.29) is 24.7 Å². The minimum atomic E-state index is -0.379. The standard InChI is InChI=1S/C26H26ClN3O4/c1-18-6-5-7-20(14-18)17-34-23-11-10-19(15-24(23)33-2)16-28-30-26(32)13-12-25(31)29-22-9-4-3-8-21(22)27/h3-11,14-16H,12-13,17H2,1-2H3,(H,29,31)(H,30,32). The highest BCUT2D eigenvalue weighted by Gasteiger charge is 2.09. The van der Waals surface area contributed by atoms with Crippen molar-refractivity contribution in [3.8, 4) is 11.5 Å². The van der Waals surface area contributed by atoms with Crippen LogP contribution in [0.3, 0.4) is 0 Å². The number of amides is 2. The van der Waals surface area contributed by atoms with Gasteiger partial charge in [0.05, 0.1) is 24.0 Å². The first-order valence-corrected chi connectivity index (χ1v) is 11.0. The van der Waals surface area contributed by atoms with E-state index in [9.17, 15) is 9.59 Å². The maximum absolute atomic E-state index is 12.0. The summed E-state index contributed by atoms with van der Waals surface area (Å²) < 4.78 is 11.3. The number of hydrogen-bond acceptors (Lipinski definition) is 5. The quantitative estimate of drug-likeness (QED) is 0.312. The van der Waals surface area contributed by atoms with Crippen LogP contribution in [-0.2, 0) is 16.2 Å². The molecule has 0 bridgehead atoms. The molecule has 2 N–H and O–H groups in total. The molecule has 2 amide bonds. The predicted molar refractivity (Wildman–Crippen MR) is 134 cm³/mol. The van der Waals surface area contributed by atoms with E-state index in [0.717, 1.165) is 11.1 Å². The molecule has 0 aliphatic carbocycles. The molecular formula is C26H26ClN3O4. The monoisotopic (exact) mass is 479 g/mol. The number of halogens is 1. The third-order valence-corrected chi connectivity index (χ3v) is 5.12. The lowest BCUT2D eigenvalue weighted by Crippen LogP contribution is -2.20. The van der Waals surface area contributed by atoms with E-state index in [1.54, 1.807) is 49.6 Å². The summed E-state index contributed by atoms with van der Waals surface area (Å²) >= 11 is 6.01. The molecule has 7 nitrogen and oxygen atoms in total. The Morgan fingerprint density at radius 3 is 2.53 bits per heavy atom. The maximum atomic E-state index is 12.0. The van der Waals surface area contributed by atoms with E-state index < -0.39 is 0 Å². The molecule has 34 heavy (non-hydrogen) atoms. The third-order valence-electron chi connectivity index (χ3n) is 4.79. The van der Waals surface area contributed by atoms with Gasteiger partial charge < -0.3 is 14.8 Å². The van der Waals surface area contributed by atoms with E-state index in [1.165, 1.54) is 11.8 Å². The van der Waals surface area contributed by atoms with Gasteiger partial charge in [0.25, 0.3) is 0 Å². The molecule has 3 aromatic carbocycles. The van der Waals surface area contributed by atoms with Crippen LogP contribution in [0.15, 0.2) is 71.8 Å². The average Bonchev–Trinajstić information content (AvgIpc) is 2.83. The van der Waals surface area contributed by atoms with Gasteiger partial charge in [-0.1, -0.05) is 53.6 Å². The second-order valence-corrected chi connectivity index (χ2v) is 7.92. The fourth-order valence-corrected chi connectivity index (χ4v) is 3.27. The Kier molecular flexibility index (Phi) is 9.05. The van der Waals surface area contributed by atoms with Crippen molar-refractivity contribution in [2.24, 2.45) is 5.10 Å². The smallest absolute Gasteiger partial charge is 0.240 e. The minimum Gasteiger partial charge on any atom is -0.493 e. The summed E-state index contributed by atoms with van der Waals surface area (Å²) in [7, 11) is 1.56. The number of nitrogens with one attached hydrogen (secondary N) is 2. The number of methoxy groups -OCH3 is 1. The van der Waals surface area contributed by atoms with Gasteiger partial charge in [0, 0.05) is 12.8 Å². The van der Waals surface area contributed by atoms with Gasteiger partial charge in [-0.15, -0.1) is 0 Å². The van der Waals surface area contributed by atoms with Gasteiger partial charge in [-0.2, -0.15) is 5.10 Å². The molecule has 0 radical (unpaired) electrons. The Balaban J connectivity index is 1.47. The summed E-state index contributed by atoms with van der Waals surface area (Å²) in [4.78, 5) is 24.0. The van der Waals surface area contributed by atoms with Crippen LogP contribution in [0.2, 0.25) is 5.02 Å². The Bertz CT molecular complexity index is 1180. The van der Waals surface area contributed by atoms with E-state index in [1.807, 2.05) is 25.1 Å². The van der Waals surface area contributed by atoms with Crippen LogP contribution in [0.5, 0.6) is 11.5 Å². The zero-order valence-electron chi connectivity index (χ0n) is 19.0. The van der Waals surface area contributed by atoms with Crippen molar-refractivity contribution in [1.29, 1.82) is 0 Å². The number of aryl methyl sites for hydroxylation is 1. The lowest BCUT2D eigenvalue weighted by Gasteiger charge is -2.11. The van der Waals surface area contributed by atoms with Crippen LogP contribution in [0.1, 0.15) is 29.5 Å². The number of para-hydroxylation sites is 1. The van der Waals surface area contributed by atoms with Gasteiger partial charge in [-0.05, 0) is 48.4 Å². The number of anilines is 1. The molecule has 0 aliphatic heterocycles. The van der Waals surface area contributed by atoms with Crippen LogP contribution in [0.25, 0.3) is 0 Å². The largest absolute Gasteiger partial charge is 0.493 e. The molecule has 8 heteroatoms. The van der Waals surface area contributed by atoms with Crippen LogP contribution in [0, 0.1) is 6.92 Å². The molecule has 0 fully saturated rings. The molecular weight excluding hydrogens is 454 g/mol. The van der Waals surface area contributed by atoms with Crippen molar-refractivity contribution in [3.63, 3.8) is 0 Å². The normalized spacial score (nSPS) is 10.7. The van der Waals surface area contributed by atoms with Crippen LogP contribution in [0.4, 0.5) is 5.69 Å². The molecule has 0 unspecified atom stereocenters. The van der Waals surface area contributed by atoms with Crippen molar-refractivity contribution < 1.29 is 19.1 Å². The summed E-state index contributed by atoms with van der Waals surface area (Å²) in [5.41, 5.74) is 5.88. The van der Waals surface area contributed by atoms with Gasteiger partial charge >= 0.3 is 0 Å². The fourth-order valence-electron chi connectivity index (χ4n) is 3.08. The first-order chi connectivity index (χ1) is 16.4.